The number of hydrogen-bond acceptors (Lipinski definition) is 4. The summed E-state index contributed by atoms with van der Waals surface area (Å²) in [4.78, 5) is 24.1. The fourth-order valence-electron chi connectivity index (χ4n) is 3.00. The van der Waals surface area contributed by atoms with Gasteiger partial charge < -0.3 is 15.8 Å². The lowest BCUT2D eigenvalue weighted by Crippen LogP contribution is -2.29. The van der Waals surface area contributed by atoms with Crippen molar-refractivity contribution in [2.45, 2.75) is 44.3 Å². The number of fused-ring (bicyclic) bond motifs is 1. The molecule has 1 saturated heterocycles. The normalized spacial score (nSPS) is 23.6. The fraction of sp³-hybridized carbons (Fsp3) is 0.500. The number of ketones is 1. The standard InChI is InChI=1S/C16H20N2O3.ClH/c17-9-12-6-7-15(21-12)16(20)18-11-5-4-10-2-1-3-14(19)13(10)8-11;/h4-5,8,12,15H,1-3,6-7,9,17H2,(H,18,20);1H/t12-,15+;/m1./s1. The van der Waals surface area contributed by atoms with Gasteiger partial charge in [0.1, 0.15) is 6.10 Å². The maximum Gasteiger partial charge on any atom is 0.253 e. The first-order valence-electron chi connectivity index (χ1n) is 7.50. The van der Waals surface area contributed by atoms with Gasteiger partial charge in [0.2, 0.25) is 0 Å². The quantitative estimate of drug-likeness (QED) is 0.892. The Balaban J connectivity index is 0.00000176. The minimum atomic E-state index is -0.440. The summed E-state index contributed by atoms with van der Waals surface area (Å²) in [5, 5.41) is 2.84. The van der Waals surface area contributed by atoms with Crippen molar-refractivity contribution in [3.63, 3.8) is 0 Å². The van der Waals surface area contributed by atoms with E-state index >= 15 is 0 Å². The van der Waals surface area contributed by atoms with E-state index in [1.807, 2.05) is 12.1 Å². The Labute approximate surface area is 136 Å². The Bertz CT molecular complexity index is 577. The molecule has 0 unspecified atom stereocenters. The van der Waals surface area contributed by atoms with Crippen molar-refractivity contribution in [2.75, 3.05) is 11.9 Å². The summed E-state index contributed by atoms with van der Waals surface area (Å²) in [7, 11) is 0. The average molecular weight is 325 g/mol. The van der Waals surface area contributed by atoms with Crippen LogP contribution in [0, 0.1) is 0 Å². The zero-order chi connectivity index (χ0) is 14.8. The van der Waals surface area contributed by atoms with E-state index in [4.69, 9.17) is 10.5 Å². The molecule has 2 atom stereocenters. The minimum absolute atomic E-state index is 0. The van der Waals surface area contributed by atoms with Crippen LogP contribution in [-0.4, -0.2) is 30.4 Å². The molecular weight excluding hydrogens is 304 g/mol. The van der Waals surface area contributed by atoms with Crippen LogP contribution in [0.2, 0.25) is 0 Å². The molecule has 0 saturated carbocycles. The van der Waals surface area contributed by atoms with E-state index in [1.165, 1.54) is 0 Å². The first kappa shape index (κ1) is 16.9. The number of nitrogens with two attached hydrogens (primary N) is 1. The monoisotopic (exact) mass is 324 g/mol. The van der Waals surface area contributed by atoms with Gasteiger partial charge in [0.25, 0.3) is 5.91 Å². The number of anilines is 1. The third-order valence-electron chi connectivity index (χ3n) is 4.19. The molecule has 0 spiro atoms. The second-order valence-electron chi connectivity index (χ2n) is 5.70. The molecule has 3 rings (SSSR count). The number of nitrogens with one attached hydrogen (secondary N) is 1. The highest BCUT2D eigenvalue weighted by Crippen LogP contribution is 2.25. The maximum absolute atomic E-state index is 12.2. The average Bonchev–Trinajstić information content (AvgIpc) is 2.97. The first-order chi connectivity index (χ1) is 10.2. The molecule has 1 aliphatic carbocycles. The number of halogens is 1. The SMILES string of the molecule is Cl.NC[C@H]1CC[C@@H](C(=O)Nc2ccc3c(c2)C(=O)CCC3)O1. The lowest BCUT2D eigenvalue weighted by Gasteiger charge is -2.17. The molecule has 1 aromatic carbocycles. The van der Waals surface area contributed by atoms with E-state index in [0.29, 0.717) is 25.1 Å². The van der Waals surface area contributed by atoms with Crippen molar-refractivity contribution in [3.05, 3.63) is 29.3 Å². The van der Waals surface area contributed by atoms with Gasteiger partial charge in [-0.2, -0.15) is 0 Å². The van der Waals surface area contributed by atoms with E-state index in [-0.39, 0.29) is 30.2 Å². The van der Waals surface area contributed by atoms with Crippen LogP contribution in [0.25, 0.3) is 0 Å². The molecule has 0 bridgehead atoms. The van der Waals surface area contributed by atoms with Gasteiger partial charge >= 0.3 is 0 Å². The number of carbonyl (C=O) groups excluding carboxylic acids is 2. The van der Waals surface area contributed by atoms with E-state index in [9.17, 15) is 9.59 Å². The third-order valence-corrected chi connectivity index (χ3v) is 4.19. The molecule has 1 heterocycles. The van der Waals surface area contributed by atoms with Crippen molar-refractivity contribution >= 4 is 29.8 Å². The van der Waals surface area contributed by atoms with Crippen molar-refractivity contribution in [1.82, 2.24) is 0 Å². The number of hydrogen-bond donors (Lipinski definition) is 2. The summed E-state index contributed by atoms with van der Waals surface area (Å²) in [6.07, 6.45) is 3.48. The summed E-state index contributed by atoms with van der Waals surface area (Å²) >= 11 is 0. The van der Waals surface area contributed by atoms with E-state index in [1.54, 1.807) is 6.07 Å². The van der Waals surface area contributed by atoms with Crippen LogP contribution in [0.3, 0.4) is 0 Å². The van der Waals surface area contributed by atoms with Crippen LogP contribution < -0.4 is 11.1 Å². The molecule has 1 aliphatic heterocycles. The van der Waals surface area contributed by atoms with Gasteiger partial charge in [-0.15, -0.1) is 12.4 Å². The Morgan fingerprint density at radius 3 is 2.86 bits per heavy atom. The number of aryl methyl sites for hydroxylation is 1. The van der Waals surface area contributed by atoms with E-state index < -0.39 is 6.10 Å². The predicted octanol–water partition coefficient (Wildman–Crippen LogP) is 2.07. The van der Waals surface area contributed by atoms with Gasteiger partial charge in [-0.1, -0.05) is 6.07 Å². The molecule has 3 N–H and O–H groups in total. The van der Waals surface area contributed by atoms with Crippen LogP contribution in [0.1, 0.15) is 41.6 Å². The maximum atomic E-state index is 12.2. The Morgan fingerprint density at radius 1 is 1.32 bits per heavy atom. The predicted molar refractivity (Wildman–Crippen MR) is 86.5 cm³/mol. The van der Waals surface area contributed by atoms with Crippen LogP contribution in [0.4, 0.5) is 5.69 Å². The van der Waals surface area contributed by atoms with Gasteiger partial charge in [-0.25, -0.2) is 0 Å². The summed E-state index contributed by atoms with van der Waals surface area (Å²) in [5.74, 6) is 0.00168. The molecule has 0 aromatic heterocycles. The van der Waals surface area contributed by atoms with Crippen LogP contribution >= 0.6 is 12.4 Å². The zero-order valence-electron chi connectivity index (χ0n) is 12.3. The van der Waals surface area contributed by atoms with Crippen molar-refractivity contribution < 1.29 is 14.3 Å². The first-order valence-corrected chi connectivity index (χ1v) is 7.50. The largest absolute Gasteiger partial charge is 0.364 e. The number of ether oxygens (including phenoxy) is 1. The highest BCUT2D eigenvalue weighted by Gasteiger charge is 2.30. The summed E-state index contributed by atoms with van der Waals surface area (Å²) in [5.41, 5.74) is 8.02. The van der Waals surface area contributed by atoms with Crippen LogP contribution in [-0.2, 0) is 16.0 Å². The topological polar surface area (TPSA) is 81.4 Å². The van der Waals surface area contributed by atoms with E-state index in [0.717, 1.165) is 30.4 Å². The van der Waals surface area contributed by atoms with E-state index in [2.05, 4.69) is 5.32 Å². The highest BCUT2D eigenvalue weighted by atomic mass is 35.5. The van der Waals surface area contributed by atoms with Gasteiger partial charge in [0.15, 0.2) is 5.78 Å². The lowest BCUT2D eigenvalue weighted by molar-refractivity contribution is -0.126. The third kappa shape index (κ3) is 3.48. The Morgan fingerprint density at radius 2 is 2.14 bits per heavy atom. The van der Waals surface area contributed by atoms with Crippen LogP contribution in [0.5, 0.6) is 0 Å². The van der Waals surface area contributed by atoms with Crippen LogP contribution in [0.15, 0.2) is 18.2 Å². The second kappa shape index (κ2) is 7.22. The second-order valence-corrected chi connectivity index (χ2v) is 5.70. The number of rotatable bonds is 3. The van der Waals surface area contributed by atoms with Crippen molar-refractivity contribution in [1.29, 1.82) is 0 Å². The summed E-state index contributed by atoms with van der Waals surface area (Å²) < 4.78 is 5.57. The smallest absolute Gasteiger partial charge is 0.253 e. The molecule has 22 heavy (non-hydrogen) atoms. The molecular formula is C16H21ClN2O3. The highest BCUT2D eigenvalue weighted by molar-refractivity contribution is 6.01. The van der Waals surface area contributed by atoms with Gasteiger partial charge in [-0.05, 0) is 43.4 Å². The summed E-state index contributed by atoms with van der Waals surface area (Å²) in [6.45, 7) is 0.442. The molecule has 1 fully saturated rings. The minimum Gasteiger partial charge on any atom is -0.364 e. The van der Waals surface area contributed by atoms with Gasteiger partial charge in [0.05, 0.1) is 6.10 Å². The summed E-state index contributed by atoms with van der Waals surface area (Å²) in [6, 6.07) is 5.56. The van der Waals surface area contributed by atoms with Gasteiger partial charge in [-0.3, -0.25) is 9.59 Å². The zero-order valence-corrected chi connectivity index (χ0v) is 13.2. The number of amides is 1. The molecule has 2 aliphatic rings. The molecule has 1 amide bonds. The Hall–Kier alpha value is -1.43. The fourth-order valence-corrected chi connectivity index (χ4v) is 3.00. The molecule has 5 nitrogen and oxygen atoms in total. The van der Waals surface area contributed by atoms with Gasteiger partial charge in [0, 0.05) is 24.2 Å². The molecule has 0 radical (unpaired) electrons. The molecule has 1 aromatic rings. The molecule has 120 valence electrons. The van der Waals surface area contributed by atoms with Crippen molar-refractivity contribution in [3.8, 4) is 0 Å². The number of benzene rings is 1. The number of carbonyl (C=O) groups is 2. The number of Topliss-reactive ketones (excluding diaryl/α,β-unsaturated/α-hetero) is 1. The molecule has 6 heteroatoms. The lowest BCUT2D eigenvalue weighted by atomic mass is 9.90. The Kier molecular flexibility index (Phi) is 5.56. The van der Waals surface area contributed by atoms with Crippen molar-refractivity contribution in [2.24, 2.45) is 5.73 Å².